The summed E-state index contributed by atoms with van der Waals surface area (Å²) in [4.78, 5) is 0. The van der Waals surface area contributed by atoms with E-state index in [1.807, 2.05) is 0 Å². The molecular weight excluding hydrogens is 298 g/mol. The van der Waals surface area contributed by atoms with Gasteiger partial charge in [0.05, 0.1) is 21.7 Å². The molecule has 0 saturated carbocycles. The first-order valence-corrected chi connectivity index (χ1v) is 6.73. The van der Waals surface area contributed by atoms with E-state index in [2.05, 4.69) is 0 Å². The number of ether oxygens (including phenoxy) is 1. The molecule has 0 N–H and O–H groups in total. The van der Waals surface area contributed by atoms with Gasteiger partial charge in [0.2, 0.25) is 0 Å². The summed E-state index contributed by atoms with van der Waals surface area (Å²) in [7, 11) is -4.19. The molecule has 1 rings (SSSR count). The molecule has 4 nitrogen and oxygen atoms in total. The summed E-state index contributed by atoms with van der Waals surface area (Å²) in [5.74, 6) is -0.0805. The Morgan fingerprint density at radius 1 is 1.29 bits per heavy atom. The maximum Gasteiger partial charge on any atom is 1.00 e. The predicted molar refractivity (Wildman–Crippen MR) is 61.1 cm³/mol. The molecule has 90 valence electrons. The van der Waals surface area contributed by atoms with Crippen LogP contribution in [0.4, 0.5) is 0 Å². The van der Waals surface area contributed by atoms with E-state index < -0.39 is 15.9 Å². The van der Waals surface area contributed by atoms with Crippen molar-refractivity contribution in [1.82, 2.24) is 0 Å². The van der Waals surface area contributed by atoms with Crippen molar-refractivity contribution in [3.05, 3.63) is 28.2 Å². The summed E-state index contributed by atoms with van der Waals surface area (Å²) in [6.07, 6.45) is 0.120. The fourth-order valence-corrected chi connectivity index (χ4v) is 1.81. The molecule has 0 aliphatic heterocycles. The second kappa shape index (κ2) is 7.84. The Kier molecular flexibility index (Phi) is 8.07. The quantitative estimate of drug-likeness (QED) is 0.410. The molecule has 0 aromatic heterocycles. The molecule has 1 aromatic carbocycles. The third kappa shape index (κ3) is 7.51. The molecule has 1 aromatic rings. The van der Waals surface area contributed by atoms with E-state index in [0.717, 1.165) is 0 Å². The van der Waals surface area contributed by atoms with Gasteiger partial charge in [-0.2, -0.15) is 0 Å². The molecule has 0 amide bonds. The summed E-state index contributed by atoms with van der Waals surface area (Å²) in [5, 5.41) is 0.852. The van der Waals surface area contributed by atoms with Gasteiger partial charge >= 0.3 is 29.6 Å². The Balaban J connectivity index is 0.00000256. The number of hydrogen-bond acceptors (Lipinski definition) is 4. The van der Waals surface area contributed by atoms with Gasteiger partial charge in [0.25, 0.3) is 0 Å². The third-order valence-electron chi connectivity index (χ3n) is 1.69. The fraction of sp³-hybridized carbons (Fsp3) is 0.333. The third-order valence-corrected chi connectivity index (χ3v) is 3.03. The molecule has 0 saturated heterocycles. The molecular formula is C9H9Cl2NaO4S. The minimum atomic E-state index is -4.19. The van der Waals surface area contributed by atoms with Gasteiger partial charge < -0.3 is 9.29 Å². The van der Waals surface area contributed by atoms with Crippen molar-refractivity contribution in [2.24, 2.45) is 0 Å². The van der Waals surface area contributed by atoms with Crippen LogP contribution in [0.25, 0.3) is 0 Å². The maximum atomic E-state index is 10.3. The topological polar surface area (TPSA) is 66.4 Å². The molecule has 0 fully saturated rings. The Labute approximate surface area is 132 Å². The minimum Gasteiger partial charge on any atom is -0.748 e. The van der Waals surface area contributed by atoms with Crippen molar-refractivity contribution >= 4 is 33.3 Å². The van der Waals surface area contributed by atoms with Gasteiger partial charge in [-0.3, -0.25) is 0 Å². The number of halogens is 2. The monoisotopic (exact) mass is 306 g/mol. The SMILES string of the molecule is O=S(=O)([O-])CCCOc1cc(Cl)ccc1Cl.[Na+]. The number of benzene rings is 1. The van der Waals surface area contributed by atoms with E-state index in [0.29, 0.717) is 15.8 Å². The number of rotatable bonds is 5. The van der Waals surface area contributed by atoms with Crippen molar-refractivity contribution in [3.63, 3.8) is 0 Å². The van der Waals surface area contributed by atoms with E-state index in [-0.39, 0.29) is 42.6 Å². The van der Waals surface area contributed by atoms with E-state index >= 15 is 0 Å². The van der Waals surface area contributed by atoms with Gasteiger partial charge in [-0.1, -0.05) is 23.2 Å². The Morgan fingerprint density at radius 3 is 2.53 bits per heavy atom. The standard InChI is InChI=1S/C9H10Cl2O4S.Na/c10-7-2-3-8(11)9(6-7)15-4-1-5-16(12,13)14;/h2-3,6H,1,4-5H2,(H,12,13,14);/q;+1/p-1. The van der Waals surface area contributed by atoms with Crippen LogP contribution in [0.3, 0.4) is 0 Å². The van der Waals surface area contributed by atoms with Crippen LogP contribution < -0.4 is 34.3 Å². The van der Waals surface area contributed by atoms with Crippen LogP contribution in [-0.2, 0) is 10.1 Å². The van der Waals surface area contributed by atoms with Crippen molar-refractivity contribution in [3.8, 4) is 5.75 Å². The summed E-state index contributed by atoms with van der Waals surface area (Å²) < 4.78 is 36.1. The van der Waals surface area contributed by atoms with Gasteiger partial charge in [-0.15, -0.1) is 0 Å². The van der Waals surface area contributed by atoms with Crippen LogP contribution in [0.15, 0.2) is 18.2 Å². The van der Waals surface area contributed by atoms with E-state index in [1.165, 1.54) is 6.07 Å². The van der Waals surface area contributed by atoms with Crippen LogP contribution in [0, 0.1) is 0 Å². The molecule has 8 heteroatoms. The normalized spacial score (nSPS) is 10.8. The second-order valence-corrected chi connectivity index (χ2v) is 5.41. The zero-order valence-corrected chi connectivity index (χ0v) is 13.5. The van der Waals surface area contributed by atoms with Gasteiger partial charge in [0, 0.05) is 16.8 Å². The zero-order chi connectivity index (χ0) is 12.2. The summed E-state index contributed by atoms with van der Waals surface area (Å²) >= 11 is 11.5. The van der Waals surface area contributed by atoms with Gasteiger partial charge in [0.1, 0.15) is 5.75 Å². The van der Waals surface area contributed by atoms with Crippen LogP contribution in [0.2, 0.25) is 10.0 Å². The van der Waals surface area contributed by atoms with Crippen LogP contribution in [-0.4, -0.2) is 25.3 Å². The van der Waals surface area contributed by atoms with Gasteiger partial charge in [-0.05, 0) is 18.6 Å². The molecule has 0 radical (unpaired) electrons. The molecule has 0 heterocycles. The van der Waals surface area contributed by atoms with Gasteiger partial charge in [-0.25, -0.2) is 8.42 Å². The fourth-order valence-electron chi connectivity index (χ4n) is 1.01. The summed E-state index contributed by atoms with van der Waals surface area (Å²) in [6.45, 7) is 0.0987. The maximum absolute atomic E-state index is 10.3. The van der Waals surface area contributed by atoms with Crippen molar-refractivity contribution < 1.29 is 47.3 Å². The molecule has 0 atom stereocenters. The van der Waals surface area contributed by atoms with Crippen molar-refractivity contribution in [2.45, 2.75) is 6.42 Å². The van der Waals surface area contributed by atoms with Crippen LogP contribution in [0.5, 0.6) is 5.75 Å². The van der Waals surface area contributed by atoms with Crippen molar-refractivity contribution in [1.29, 1.82) is 0 Å². The first-order chi connectivity index (χ1) is 7.38. The molecule has 0 unspecified atom stereocenters. The largest absolute Gasteiger partial charge is 1.00 e. The van der Waals surface area contributed by atoms with Crippen molar-refractivity contribution in [2.75, 3.05) is 12.4 Å². The first-order valence-electron chi connectivity index (χ1n) is 4.40. The Bertz CT molecular complexity index is 464. The smallest absolute Gasteiger partial charge is 0.748 e. The zero-order valence-electron chi connectivity index (χ0n) is 9.15. The average molecular weight is 307 g/mol. The molecule has 0 bridgehead atoms. The Morgan fingerprint density at radius 2 is 1.94 bits per heavy atom. The number of hydrogen-bond donors (Lipinski definition) is 0. The second-order valence-electron chi connectivity index (χ2n) is 3.04. The van der Waals surface area contributed by atoms with Crippen LogP contribution >= 0.6 is 23.2 Å². The average Bonchev–Trinajstić information content (AvgIpc) is 2.16. The molecule has 0 aliphatic rings. The molecule has 0 spiro atoms. The Hall–Kier alpha value is 0.510. The summed E-state index contributed by atoms with van der Waals surface area (Å²) in [5.41, 5.74) is 0. The molecule has 0 aliphatic carbocycles. The van der Waals surface area contributed by atoms with Gasteiger partial charge in [0.15, 0.2) is 0 Å². The first kappa shape index (κ1) is 17.5. The van der Waals surface area contributed by atoms with E-state index in [1.54, 1.807) is 12.1 Å². The molecule has 17 heavy (non-hydrogen) atoms. The minimum absolute atomic E-state index is 0. The van der Waals surface area contributed by atoms with E-state index in [9.17, 15) is 13.0 Å². The van der Waals surface area contributed by atoms with E-state index in [4.69, 9.17) is 27.9 Å². The summed E-state index contributed by atoms with van der Waals surface area (Å²) in [6, 6.07) is 4.71. The predicted octanol–water partition coefficient (Wildman–Crippen LogP) is -0.688. The van der Waals surface area contributed by atoms with Crippen LogP contribution in [0.1, 0.15) is 6.42 Å².